The monoisotopic (exact) mass is 345 g/mol. The lowest BCUT2D eigenvalue weighted by Crippen LogP contribution is -2.51. The largest absolute Gasteiger partial charge is 0.368 e. The van der Waals surface area contributed by atoms with Crippen molar-refractivity contribution in [1.29, 1.82) is 0 Å². The fraction of sp³-hybridized carbons (Fsp3) is 0.526. The summed E-state index contributed by atoms with van der Waals surface area (Å²) in [6.07, 6.45) is 0.203. The van der Waals surface area contributed by atoms with Crippen molar-refractivity contribution < 1.29 is 14.4 Å². The van der Waals surface area contributed by atoms with Crippen LogP contribution in [0.5, 0.6) is 0 Å². The number of rotatable bonds is 6. The van der Waals surface area contributed by atoms with Crippen molar-refractivity contribution in [3.05, 3.63) is 29.8 Å². The van der Waals surface area contributed by atoms with Gasteiger partial charge in [0, 0.05) is 38.3 Å². The maximum Gasteiger partial charge on any atom is 0.287 e. The second-order valence-electron chi connectivity index (χ2n) is 6.86. The Kier molecular flexibility index (Phi) is 6.56. The fourth-order valence-electron chi connectivity index (χ4n) is 2.94. The maximum atomic E-state index is 12.2. The van der Waals surface area contributed by atoms with Crippen LogP contribution in [0.1, 0.15) is 25.8 Å². The van der Waals surface area contributed by atoms with Gasteiger partial charge >= 0.3 is 0 Å². The van der Waals surface area contributed by atoms with Crippen molar-refractivity contribution in [2.24, 2.45) is 5.92 Å². The third kappa shape index (κ3) is 5.31. The quantitative estimate of drug-likeness (QED) is 0.791. The van der Waals surface area contributed by atoms with Gasteiger partial charge in [-0.1, -0.05) is 32.0 Å². The van der Waals surface area contributed by atoms with Crippen molar-refractivity contribution in [3.63, 3.8) is 0 Å². The van der Waals surface area contributed by atoms with E-state index in [2.05, 4.69) is 29.3 Å². The van der Waals surface area contributed by atoms with Crippen LogP contribution in [0, 0.1) is 12.8 Å². The molecule has 6 nitrogen and oxygen atoms in total. The summed E-state index contributed by atoms with van der Waals surface area (Å²) >= 11 is 0. The van der Waals surface area contributed by atoms with Gasteiger partial charge in [0.25, 0.3) is 5.91 Å². The number of para-hydroxylation sites is 1. The topological polar surface area (TPSA) is 69.7 Å². The Bertz CT molecular complexity index is 635. The molecule has 0 aromatic heterocycles. The van der Waals surface area contributed by atoms with Gasteiger partial charge in [-0.2, -0.15) is 0 Å². The lowest BCUT2D eigenvalue weighted by molar-refractivity contribution is -0.140. The lowest BCUT2D eigenvalue weighted by Gasteiger charge is -2.36. The molecular formula is C19H27N3O3. The molecule has 136 valence electrons. The summed E-state index contributed by atoms with van der Waals surface area (Å²) in [6, 6.07) is 8.20. The minimum absolute atomic E-state index is 0.118. The summed E-state index contributed by atoms with van der Waals surface area (Å²) in [5, 5.41) is 2.44. The Morgan fingerprint density at radius 2 is 1.72 bits per heavy atom. The van der Waals surface area contributed by atoms with Gasteiger partial charge in [0.05, 0.1) is 6.54 Å². The molecule has 1 heterocycles. The molecule has 0 radical (unpaired) electrons. The number of anilines is 1. The first-order valence-electron chi connectivity index (χ1n) is 8.78. The summed E-state index contributed by atoms with van der Waals surface area (Å²) in [4.78, 5) is 39.6. The summed E-state index contributed by atoms with van der Waals surface area (Å²) in [6.45, 7) is 8.47. The Hall–Kier alpha value is -2.37. The molecule has 0 spiro atoms. The number of nitrogens with zero attached hydrogens (tertiary/aromatic N) is 2. The van der Waals surface area contributed by atoms with Crippen LogP contribution in [0.4, 0.5) is 5.69 Å². The molecule has 0 aliphatic carbocycles. The first-order chi connectivity index (χ1) is 11.9. The highest BCUT2D eigenvalue weighted by molar-refractivity contribution is 6.36. The highest BCUT2D eigenvalue weighted by Crippen LogP contribution is 2.20. The Balaban J connectivity index is 1.79. The number of benzene rings is 1. The van der Waals surface area contributed by atoms with Crippen LogP contribution in [0.3, 0.4) is 0 Å². The number of ketones is 1. The minimum atomic E-state index is -0.666. The number of carbonyl (C=O) groups is 3. The van der Waals surface area contributed by atoms with Crippen molar-refractivity contribution in [3.8, 4) is 0 Å². The maximum absolute atomic E-state index is 12.2. The number of hydrogen-bond donors (Lipinski definition) is 1. The predicted octanol–water partition coefficient (Wildman–Crippen LogP) is 1.38. The van der Waals surface area contributed by atoms with Crippen molar-refractivity contribution in [2.45, 2.75) is 27.2 Å². The molecule has 25 heavy (non-hydrogen) atoms. The first-order valence-corrected chi connectivity index (χ1v) is 8.78. The highest BCUT2D eigenvalue weighted by atomic mass is 16.2. The average Bonchev–Trinajstić information content (AvgIpc) is 2.59. The Morgan fingerprint density at radius 1 is 1.08 bits per heavy atom. The van der Waals surface area contributed by atoms with Crippen LogP contribution in [-0.2, 0) is 14.4 Å². The number of piperazine rings is 1. The molecule has 0 atom stereocenters. The molecule has 1 saturated heterocycles. The van der Waals surface area contributed by atoms with Crippen molar-refractivity contribution in [2.75, 3.05) is 37.6 Å². The molecule has 1 aliphatic heterocycles. The predicted molar refractivity (Wildman–Crippen MR) is 97.4 cm³/mol. The lowest BCUT2D eigenvalue weighted by atomic mass is 10.1. The number of carbonyl (C=O) groups excluding carboxylic acids is 3. The van der Waals surface area contributed by atoms with Crippen LogP contribution in [0.15, 0.2) is 24.3 Å². The van der Waals surface area contributed by atoms with Gasteiger partial charge in [0.1, 0.15) is 0 Å². The standard InChI is InChI=1S/C19H27N3O3/c1-14(2)12-17(23)19(25)20-13-18(24)22-10-8-21(9-11-22)16-7-5-4-6-15(16)3/h4-7,14H,8-13H2,1-3H3,(H,20,25). The minimum Gasteiger partial charge on any atom is -0.368 e. The van der Waals surface area contributed by atoms with Gasteiger partial charge in [0.2, 0.25) is 11.7 Å². The zero-order valence-corrected chi connectivity index (χ0v) is 15.2. The third-order valence-electron chi connectivity index (χ3n) is 4.34. The smallest absolute Gasteiger partial charge is 0.287 e. The highest BCUT2D eigenvalue weighted by Gasteiger charge is 2.23. The van der Waals surface area contributed by atoms with E-state index in [1.165, 1.54) is 11.3 Å². The molecule has 0 bridgehead atoms. The number of hydrogen-bond acceptors (Lipinski definition) is 4. The van der Waals surface area contributed by atoms with Crippen LogP contribution < -0.4 is 10.2 Å². The molecule has 1 N–H and O–H groups in total. The van der Waals surface area contributed by atoms with E-state index in [0.717, 1.165) is 13.1 Å². The van der Waals surface area contributed by atoms with E-state index in [-0.39, 0.29) is 24.8 Å². The molecule has 2 rings (SSSR count). The van der Waals surface area contributed by atoms with Gasteiger partial charge in [-0.15, -0.1) is 0 Å². The summed E-state index contributed by atoms with van der Waals surface area (Å²) in [7, 11) is 0. The van der Waals surface area contributed by atoms with E-state index < -0.39 is 11.7 Å². The summed E-state index contributed by atoms with van der Waals surface area (Å²) < 4.78 is 0. The van der Waals surface area contributed by atoms with E-state index in [9.17, 15) is 14.4 Å². The van der Waals surface area contributed by atoms with Gasteiger partial charge in [-0.25, -0.2) is 0 Å². The number of Topliss-reactive ketones (excluding diaryl/α,β-unsaturated/α-hetero) is 1. The third-order valence-corrected chi connectivity index (χ3v) is 4.34. The fourth-order valence-corrected chi connectivity index (χ4v) is 2.94. The van der Waals surface area contributed by atoms with Crippen molar-refractivity contribution >= 4 is 23.3 Å². The van der Waals surface area contributed by atoms with E-state index in [1.54, 1.807) is 4.90 Å². The zero-order chi connectivity index (χ0) is 18.4. The molecule has 1 aromatic rings. The Labute approximate surface area is 149 Å². The van der Waals surface area contributed by atoms with Gasteiger partial charge in [-0.3, -0.25) is 14.4 Å². The second kappa shape index (κ2) is 8.65. The summed E-state index contributed by atoms with van der Waals surface area (Å²) in [5.74, 6) is -1.15. The number of amides is 2. The SMILES string of the molecule is Cc1ccccc1N1CCN(C(=O)CNC(=O)C(=O)CC(C)C)CC1. The normalized spacial score (nSPS) is 14.6. The summed E-state index contributed by atoms with van der Waals surface area (Å²) in [5.41, 5.74) is 2.42. The van der Waals surface area contributed by atoms with Crippen LogP contribution in [0.2, 0.25) is 0 Å². The van der Waals surface area contributed by atoms with Crippen LogP contribution in [-0.4, -0.2) is 55.2 Å². The molecule has 1 aromatic carbocycles. The van der Waals surface area contributed by atoms with Crippen molar-refractivity contribution in [1.82, 2.24) is 10.2 Å². The van der Waals surface area contributed by atoms with Crippen LogP contribution >= 0.6 is 0 Å². The van der Waals surface area contributed by atoms with Gasteiger partial charge in [-0.05, 0) is 24.5 Å². The number of aryl methyl sites for hydroxylation is 1. The molecule has 1 aliphatic rings. The van der Waals surface area contributed by atoms with E-state index in [4.69, 9.17) is 0 Å². The van der Waals surface area contributed by atoms with E-state index in [1.807, 2.05) is 26.0 Å². The van der Waals surface area contributed by atoms with E-state index >= 15 is 0 Å². The second-order valence-corrected chi connectivity index (χ2v) is 6.86. The zero-order valence-electron chi connectivity index (χ0n) is 15.2. The first kappa shape index (κ1) is 19.0. The van der Waals surface area contributed by atoms with E-state index in [0.29, 0.717) is 13.1 Å². The number of nitrogens with one attached hydrogen (secondary N) is 1. The van der Waals surface area contributed by atoms with Gasteiger partial charge < -0.3 is 15.1 Å². The molecule has 6 heteroatoms. The molecule has 0 saturated carbocycles. The van der Waals surface area contributed by atoms with Gasteiger partial charge in [0.15, 0.2) is 0 Å². The Morgan fingerprint density at radius 3 is 2.32 bits per heavy atom. The van der Waals surface area contributed by atoms with Crippen LogP contribution in [0.25, 0.3) is 0 Å². The molecule has 2 amide bonds. The average molecular weight is 345 g/mol. The molecule has 0 unspecified atom stereocenters. The molecular weight excluding hydrogens is 318 g/mol. The molecule has 1 fully saturated rings.